The lowest BCUT2D eigenvalue weighted by molar-refractivity contribution is 0.0624. The van der Waals surface area contributed by atoms with E-state index >= 15 is 0 Å². The van der Waals surface area contributed by atoms with E-state index in [0.717, 1.165) is 22.0 Å². The predicted molar refractivity (Wildman–Crippen MR) is 108 cm³/mol. The Morgan fingerprint density at radius 2 is 1.60 bits per heavy atom. The highest BCUT2D eigenvalue weighted by molar-refractivity contribution is 6.23. The van der Waals surface area contributed by atoms with Crippen LogP contribution in [0.4, 0.5) is 0 Å². The monoisotopic (exact) mass is 402 g/mol. The first kappa shape index (κ1) is 18.2. The fourth-order valence-electron chi connectivity index (χ4n) is 4.08. The Morgan fingerprint density at radius 3 is 2.30 bits per heavy atom. The van der Waals surface area contributed by atoms with Crippen LogP contribution in [0.15, 0.2) is 48.5 Å². The highest BCUT2D eigenvalue weighted by atomic mass is 16.7. The Kier molecular flexibility index (Phi) is 3.99. The van der Waals surface area contributed by atoms with E-state index in [1.807, 2.05) is 36.6 Å². The number of rotatable bonds is 4. The minimum Gasteiger partial charge on any atom is -0.454 e. The second-order valence-corrected chi connectivity index (χ2v) is 7.32. The van der Waals surface area contributed by atoms with Crippen LogP contribution in [0.5, 0.6) is 11.5 Å². The van der Waals surface area contributed by atoms with Crippen molar-refractivity contribution in [2.24, 2.45) is 0 Å². The van der Waals surface area contributed by atoms with Crippen molar-refractivity contribution in [3.8, 4) is 17.2 Å². The number of aromatic nitrogens is 1. The average molecular weight is 402 g/mol. The third-order valence-electron chi connectivity index (χ3n) is 5.53. The molecular formula is C23H18N2O5. The number of hydrogen-bond acceptors (Lipinski definition) is 5. The molecule has 0 atom stereocenters. The fraction of sp³-hybridized carbons (Fsp3) is 0.174. The number of ether oxygens (including phenoxy) is 2. The van der Waals surface area contributed by atoms with Crippen molar-refractivity contribution in [1.29, 1.82) is 0 Å². The Labute approximate surface area is 172 Å². The molecule has 150 valence electrons. The molecule has 7 nitrogen and oxygen atoms in total. The summed E-state index contributed by atoms with van der Waals surface area (Å²) in [5.41, 5.74) is 3.57. The number of fused-ring (bicyclic) bond motifs is 2. The van der Waals surface area contributed by atoms with Gasteiger partial charge >= 0.3 is 0 Å². The fourth-order valence-corrected chi connectivity index (χ4v) is 4.08. The molecule has 2 amide bonds. The van der Waals surface area contributed by atoms with Gasteiger partial charge in [-0.15, -0.1) is 0 Å². The number of carbonyl (C=O) groups excluding carboxylic acids is 3. The second-order valence-electron chi connectivity index (χ2n) is 7.32. The summed E-state index contributed by atoms with van der Waals surface area (Å²) < 4.78 is 12.8. The van der Waals surface area contributed by atoms with Crippen molar-refractivity contribution < 1.29 is 23.9 Å². The smallest absolute Gasteiger partial charge is 0.261 e. The van der Waals surface area contributed by atoms with Gasteiger partial charge in [-0.25, -0.2) is 0 Å². The highest BCUT2D eigenvalue weighted by Crippen LogP contribution is 2.35. The lowest BCUT2D eigenvalue weighted by atomic mass is 10.1. The van der Waals surface area contributed by atoms with Crippen LogP contribution in [0.3, 0.4) is 0 Å². The van der Waals surface area contributed by atoms with Gasteiger partial charge in [-0.2, -0.15) is 0 Å². The number of nitrogens with zero attached hydrogens (tertiary/aromatic N) is 2. The van der Waals surface area contributed by atoms with Crippen molar-refractivity contribution in [1.82, 2.24) is 9.47 Å². The Hall–Kier alpha value is -3.87. The van der Waals surface area contributed by atoms with E-state index < -0.39 is 11.8 Å². The van der Waals surface area contributed by atoms with Gasteiger partial charge in [0.2, 0.25) is 6.79 Å². The molecule has 0 radical (unpaired) electrons. The van der Waals surface area contributed by atoms with Crippen LogP contribution in [0.25, 0.3) is 5.69 Å². The SMILES string of the molecule is Cc1cc(C(=O)CN2C(=O)c3ccccc3C2=O)c(C)n1-c1ccc2c(c1)OCO2. The number of carbonyl (C=O) groups is 3. The summed E-state index contributed by atoms with van der Waals surface area (Å²) in [6, 6.07) is 14.0. The number of Topliss-reactive ketones (excluding diaryl/α,β-unsaturated/α-hetero) is 1. The molecule has 1 aromatic heterocycles. The zero-order chi connectivity index (χ0) is 21.0. The minimum atomic E-state index is -0.437. The molecule has 5 rings (SSSR count). The van der Waals surface area contributed by atoms with E-state index in [4.69, 9.17) is 9.47 Å². The summed E-state index contributed by atoms with van der Waals surface area (Å²) in [4.78, 5) is 39.2. The van der Waals surface area contributed by atoms with Gasteiger partial charge in [-0.1, -0.05) is 12.1 Å². The standard InChI is InChI=1S/C23H18N2O5/c1-13-9-18(14(2)25(13)15-7-8-20-21(10-15)30-12-29-20)19(26)11-24-22(27)16-5-3-4-6-17(16)23(24)28/h3-10H,11-12H2,1-2H3. The zero-order valence-corrected chi connectivity index (χ0v) is 16.5. The molecule has 3 aromatic rings. The first-order valence-corrected chi connectivity index (χ1v) is 9.53. The van der Waals surface area contributed by atoms with Gasteiger partial charge in [0.1, 0.15) is 0 Å². The number of benzene rings is 2. The first-order valence-electron chi connectivity index (χ1n) is 9.53. The van der Waals surface area contributed by atoms with Gasteiger partial charge in [0, 0.05) is 28.7 Å². The van der Waals surface area contributed by atoms with Gasteiger partial charge in [-0.05, 0) is 44.2 Å². The summed E-state index contributed by atoms with van der Waals surface area (Å²) in [5.74, 6) is 0.175. The first-order chi connectivity index (χ1) is 14.5. The van der Waals surface area contributed by atoms with Crippen LogP contribution in [-0.4, -0.2) is 40.4 Å². The van der Waals surface area contributed by atoms with Crippen LogP contribution in [0.1, 0.15) is 42.5 Å². The molecular weight excluding hydrogens is 384 g/mol. The van der Waals surface area contributed by atoms with Gasteiger partial charge in [0.15, 0.2) is 17.3 Å². The summed E-state index contributed by atoms with van der Waals surface area (Å²) in [7, 11) is 0. The van der Waals surface area contributed by atoms with Crippen molar-refractivity contribution in [2.45, 2.75) is 13.8 Å². The summed E-state index contributed by atoms with van der Waals surface area (Å²) in [5, 5.41) is 0. The highest BCUT2D eigenvalue weighted by Gasteiger charge is 2.36. The molecule has 0 N–H and O–H groups in total. The van der Waals surface area contributed by atoms with Crippen LogP contribution in [-0.2, 0) is 0 Å². The second kappa shape index (κ2) is 6.59. The van der Waals surface area contributed by atoms with E-state index in [9.17, 15) is 14.4 Å². The number of amides is 2. The maximum Gasteiger partial charge on any atom is 0.261 e. The van der Waals surface area contributed by atoms with Gasteiger partial charge < -0.3 is 14.0 Å². The lowest BCUT2D eigenvalue weighted by Gasteiger charge is -2.13. The van der Waals surface area contributed by atoms with Crippen molar-refractivity contribution >= 4 is 17.6 Å². The summed E-state index contributed by atoms with van der Waals surface area (Å²) >= 11 is 0. The van der Waals surface area contributed by atoms with Gasteiger partial charge in [0.25, 0.3) is 11.8 Å². The minimum absolute atomic E-state index is 0.187. The van der Waals surface area contributed by atoms with E-state index in [1.165, 1.54) is 0 Å². The lowest BCUT2D eigenvalue weighted by Crippen LogP contribution is -2.35. The predicted octanol–water partition coefficient (Wildman–Crippen LogP) is 3.30. The maximum absolute atomic E-state index is 13.0. The molecule has 0 saturated heterocycles. The average Bonchev–Trinajstić information content (AvgIpc) is 3.39. The number of aryl methyl sites for hydroxylation is 1. The Bertz CT molecular complexity index is 1210. The molecule has 30 heavy (non-hydrogen) atoms. The van der Waals surface area contributed by atoms with Crippen LogP contribution in [0.2, 0.25) is 0 Å². The quantitative estimate of drug-likeness (QED) is 0.494. The van der Waals surface area contributed by atoms with E-state index in [1.54, 1.807) is 30.3 Å². The zero-order valence-electron chi connectivity index (χ0n) is 16.5. The molecule has 0 saturated carbocycles. The van der Waals surface area contributed by atoms with Gasteiger partial charge in [-0.3, -0.25) is 19.3 Å². The topological polar surface area (TPSA) is 77.8 Å². The van der Waals surface area contributed by atoms with E-state index in [0.29, 0.717) is 28.2 Å². The van der Waals surface area contributed by atoms with Crippen molar-refractivity contribution in [3.05, 3.63) is 76.6 Å². The summed E-state index contributed by atoms with van der Waals surface area (Å²) in [6.07, 6.45) is 0. The van der Waals surface area contributed by atoms with Gasteiger partial charge in [0.05, 0.1) is 17.7 Å². The normalized spacial score (nSPS) is 14.4. The maximum atomic E-state index is 13.0. The molecule has 3 heterocycles. The molecule has 2 aliphatic heterocycles. The third kappa shape index (κ3) is 2.62. The third-order valence-corrected chi connectivity index (χ3v) is 5.53. The molecule has 2 aliphatic rings. The molecule has 0 unspecified atom stereocenters. The number of ketones is 1. The molecule has 0 aliphatic carbocycles. The van der Waals surface area contributed by atoms with E-state index in [2.05, 4.69) is 0 Å². The van der Waals surface area contributed by atoms with Crippen LogP contribution >= 0.6 is 0 Å². The Morgan fingerprint density at radius 1 is 0.933 bits per heavy atom. The van der Waals surface area contributed by atoms with E-state index in [-0.39, 0.29) is 19.1 Å². The number of imide groups is 1. The molecule has 0 bridgehead atoms. The van der Waals surface area contributed by atoms with Crippen molar-refractivity contribution in [3.63, 3.8) is 0 Å². The van der Waals surface area contributed by atoms with Crippen LogP contribution in [0, 0.1) is 13.8 Å². The summed E-state index contributed by atoms with van der Waals surface area (Å²) in [6.45, 7) is 3.63. The molecule has 0 fully saturated rings. The molecule has 0 spiro atoms. The molecule has 2 aromatic carbocycles. The van der Waals surface area contributed by atoms with Crippen LogP contribution < -0.4 is 9.47 Å². The largest absolute Gasteiger partial charge is 0.454 e. The number of hydrogen-bond donors (Lipinski definition) is 0. The molecule has 7 heteroatoms. The van der Waals surface area contributed by atoms with Crippen molar-refractivity contribution in [2.75, 3.05) is 13.3 Å². The Balaban J connectivity index is 1.45.